The molecule has 0 unspecified atom stereocenters. The molecule has 1 N–H and O–H groups in total. The van der Waals surface area contributed by atoms with Crippen LogP contribution in [-0.4, -0.2) is 83.3 Å². The Kier molecular flexibility index (Phi) is 8.36. The first-order valence-electron chi connectivity index (χ1n) is 14.6. The highest BCUT2D eigenvalue weighted by molar-refractivity contribution is 5.94. The van der Waals surface area contributed by atoms with Crippen molar-refractivity contribution in [1.82, 2.24) is 19.8 Å². The number of aromatic nitrogens is 2. The van der Waals surface area contributed by atoms with E-state index in [0.29, 0.717) is 30.8 Å². The predicted molar refractivity (Wildman–Crippen MR) is 163 cm³/mol. The topological polar surface area (TPSA) is 115 Å². The smallest absolute Gasteiger partial charge is 0.319 e. The number of piperazine rings is 1. The van der Waals surface area contributed by atoms with Gasteiger partial charge < -0.3 is 24.4 Å². The first kappa shape index (κ1) is 30.0. The molecule has 4 aromatic rings. The number of carbonyl (C=O) groups excluding carboxylic acids is 1. The van der Waals surface area contributed by atoms with Gasteiger partial charge in [0.1, 0.15) is 35.3 Å². The number of aromatic hydroxyl groups is 1. The van der Waals surface area contributed by atoms with Crippen molar-refractivity contribution in [3.8, 4) is 34.7 Å². The van der Waals surface area contributed by atoms with Crippen LogP contribution in [0.25, 0.3) is 22.0 Å². The minimum absolute atomic E-state index is 0.0773. The van der Waals surface area contributed by atoms with E-state index in [1.165, 1.54) is 18.2 Å². The molecule has 2 aliphatic heterocycles. The van der Waals surface area contributed by atoms with Gasteiger partial charge in [0.05, 0.1) is 37.7 Å². The van der Waals surface area contributed by atoms with Crippen LogP contribution < -0.4 is 14.4 Å². The lowest BCUT2D eigenvalue weighted by atomic mass is 9.98. The van der Waals surface area contributed by atoms with Gasteiger partial charge in [-0.15, -0.1) is 0 Å². The fraction of sp³-hybridized carbons (Fsp3) is 0.333. The Labute approximate surface area is 259 Å². The third kappa shape index (κ3) is 5.91. The van der Waals surface area contributed by atoms with Gasteiger partial charge in [-0.25, -0.2) is 8.78 Å². The van der Waals surface area contributed by atoms with Crippen molar-refractivity contribution in [3.05, 3.63) is 71.8 Å². The lowest BCUT2D eigenvalue weighted by Crippen LogP contribution is -2.59. The summed E-state index contributed by atoms with van der Waals surface area (Å²) in [7, 11) is 3.31. The second-order valence-electron chi connectivity index (χ2n) is 11.3. The minimum Gasteiger partial charge on any atom is -0.507 e. The molecule has 2 atom stereocenters. The van der Waals surface area contributed by atoms with E-state index in [1.807, 2.05) is 29.2 Å². The highest BCUT2D eigenvalue weighted by atomic mass is 19.1. The zero-order valence-electron chi connectivity index (χ0n) is 24.9. The molecule has 10 nitrogen and oxygen atoms in total. The van der Waals surface area contributed by atoms with Crippen LogP contribution in [0.3, 0.4) is 0 Å². The number of nitrogens with zero attached hydrogens (tertiary/aromatic N) is 6. The second kappa shape index (κ2) is 12.5. The number of fused-ring (bicyclic) bond motifs is 6. The van der Waals surface area contributed by atoms with Gasteiger partial charge in [-0.2, -0.15) is 15.2 Å². The van der Waals surface area contributed by atoms with Crippen LogP contribution >= 0.6 is 0 Å². The highest BCUT2D eigenvalue weighted by Crippen LogP contribution is 2.39. The molecule has 232 valence electrons. The van der Waals surface area contributed by atoms with E-state index in [2.05, 4.69) is 16.0 Å². The molecule has 1 amide bonds. The van der Waals surface area contributed by atoms with Crippen molar-refractivity contribution in [3.63, 3.8) is 0 Å². The molecule has 0 radical (unpaired) electrons. The second-order valence-corrected chi connectivity index (χ2v) is 11.3. The Bertz CT molecular complexity index is 1760. The maximum atomic E-state index is 16.3. The van der Waals surface area contributed by atoms with Crippen LogP contribution in [0.2, 0.25) is 0 Å². The van der Waals surface area contributed by atoms with E-state index in [-0.39, 0.29) is 66.6 Å². The molecule has 3 aromatic carbocycles. The number of halogens is 2. The fourth-order valence-electron chi connectivity index (χ4n) is 6.04. The number of rotatable bonds is 5. The number of amides is 1. The van der Waals surface area contributed by atoms with E-state index in [0.717, 1.165) is 17.4 Å². The number of phenols is 1. The molecule has 1 saturated heterocycles. The summed E-state index contributed by atoms with van der Waals surface area (Å²) in [6.07, 6.45) is 0.365. The number of nitriles is 1. The Morgan fingerprint density at radius 3 is 2.64 bits per heavy atom. The van der Waals surface area contributed by atoms with E-state index in [9.17, 15) is 19.6 Å². The summed E-state index contributed by atoms with van der Waals surface area (Å²) in [6.45, 7) is 1.65. The predicted octanol–water partition coefficient (Wildman–Crippen LogP) is 4.50. The van der Waals surface area contributed by atoms with Crippen LogP contribution in [0, 0.1) is 23.0 Å². The van der Waals surface area contributed by atoms with Gasteiger partial charge in [-0.3, -0.25) is 9.69 Å². The number of ether oxygens (including phenoxy) is 2. The average molecular weight is 615 g/mol. The number of hydrogen-bond acceptors (Lipinski definition) is 9. The summed E-state index contributed by atoms with van der Waals surface area (Å²) < 4.78 is 42.2. The van der Waals surface area contributed by atoms with E-state index < -0.39 is 17.4 Å². The number of phenolic OH excluding ortho intramolecular Hbond substituents is 1. The van der Waals surface area contributed by atoms with Crippen molar-refractivity contribution >= 4 is 22.6 Å². The molecule has 1 fully saturated rings. The van der Waals surface area contributed by atoms with Gasteiger partial charge in [0.2, 0.25) is 5.91 Å². The molecule has 12 heteroatoms. The number of methoxy groups -OCH3 is 1. The van der Waals surface area contributed by atoms with Crippen molar-refractivity contribution in [2.45, 2.75) is 31.5 Å². The zero-order valence-corrected chi connectivity index (χ0v) is 24.9. The van der Waals surface area contributed by atoms with Crippen molar-refractivity contribution in [1.29, 1.82) is 5.26 Å². The number of anilines is 1. The molecule has 2 aliphatic rings. The molecule has 6 rings (SSSR count). The van der Waals surface area contributed by atoms with Crippen LogP contribution in [0.4, 0.5) is 14.6 Å². The SMILES string of the molecule is COc1ccc(CN2C[C@H]3CC(=O)N(C)CCOc4nc(c5ccc(-c6c(O)cccc6F)c(F)c5n4)N3C[C@@H]2CC#N)cc1. The Hall–Kier alpha value is -5.02. The zero-order chi connectivity index (χ0) is 31.7. The largest absolute Gasteiger partial charge is 0.507 e. The fourth-order valence-corrected chi connectivity index (χ4v) is 6.04. The lowest BCUT2D eigenvalue weighted by molar-refractivity contribution is -0.130. The van der Waals surface area contributed by atoms with Gasteiger partial charge in [-0.05, 0) is 35.9 Å². The Morgan fingerprint density at radius 2 is 1.91 bits per heavy atom. The third-order valence-electron chi connectivity index (χ3n) is 8.47. The first-order valence-corrected chi connectivity index (χ1v) is 14.6. The van der Waals surface area contributed by atoms with Crippen LogP contribution in [0.15, 0.2) is 54.6 Å². The molecule has 1 aromatic heterocycles. The monoisotopic (exact) mass is 614 g/mol. The van der Waals surface area contributed by atoms with Gasteiger partial charge in [0.15, 0.2) is 5.82 Å². The number of benzene rings is 3. The Morgan fingerprint density at radius 1 is 1.11 bits per heavy atom. The van der Waals surface area contributed by atoms with Crippen molar-refractivity contribution in [2.24, 2.45) is 0 Å². The standard InChI is InChI=1S/C33H32F2N6O4/c1-39-14-15-45-33-37-31-25(11-10-24(30(31)35)29-26(34)4-3-5-27(29)42)32(38-33)41-19-21(12-13-36)40(18-22(41)16-28(39)43)17-20-6-8-23(44-2)9-7-20/h3-11,21-22,42H,12,14-19H2,1-2H3/t21-,22+/m0/s1. The molecule has 0 spiro atoms. The van der Waals surface area contributed by atoms with Crippen molar-refractivity contribution in [2.75, 3.05) is 45.3 Å². The summed E-state index contributed by atoms with van der Waals surface area (Å²) in [5, 5.41) is 20.5. The van der Waals surface area contributed by atoms with Crippen LogP contribution in [0.5, 0.6) is 17.5 Å². The molecule has 3 heterocycles. The normalized spacial score (nSPS) is 19.0. The number of hydrogen-bond donors (Lipinski definition) is 1. The summed E-state index contributed by atoms with van der Waals surface area (Å²) in [5.74, 6) is -1.02. The summed E-state index contributed by atoms with van der Waals surface area (Å²) in [4.78, 5) is 28.1. The van der Waals surface area contributed by atoms with Gasteiger partial charge in [0.25, 0.3) is 0 Å². The van der Waals surface area contributed by atoms with E-state index >= 15 is 4.39 Å². The minimum atomic E-state index is -0.840. The highest BCUT2D eigenvalue weighted by Gasteiger charge is 2.38. The van der Waals surface area contributed by atoms with Crippen LogP contribution in [-0.2, 0) is 11.3 Å². The van der Waals surface area contributed by atoms with Crippen molar-refractivity contribution < 1.29 is 28.2 Å². The molecular formula is C33H32F2N6O4. The van der Waals surface area contributed by atoms with E-state index in [4.69, 9.17) is 14.5 Å². The van der Waals surface area contributed by atoms with Crippen LogP contribution in [0.1, 0.15) is 18.4 Å². The first-order chi connectivity index (χ1) is 21.8. The molecular weight excluding hydrogens is 582 g/mol. The molecule has 0 saturated carbocycles. The summed E-state index contributed by atoms with van der Waals surface area (Å²) >= 11 is 0. The average Bonchev–Trinajstić information content (AvgIpc) is 3.04. The molecule has 45 heavy (non-hydrogen) atoms. The third-order valence-corrected chi connectivity index (χ3v) is 8.47. The van der Waals surface area contributed by atoms with Gasteiger partial charge in [0, 0.05) is 50.1 Å². The maximum Gasteiger partial charge on any atom is 0.319 e. The van der Waals surface area contributed by atoms with E-state index in [1.54, 1.807) is 25.1 Å². The summed E-state index contributed by atoms with van der Waals surface area (Å²) in [5.41, 5.74) is 0.492. The quantitative estimate of drug-likeness (QED) is 0.347. The number of carbonyl (C=O) groups is 1. The Balaban J connectivity index is 1.46. The van der Waals surface area contributed by atoms with Gasteiger partial charge in [-0.1, -0.05) is 24.3 Å². The number of likely N-dealkylation sites (N-methyl/N-ethyl adjacent to an activating group) is 1. The maximum absolute atomic E-state index is 16.3. The molecule has 2 bridgehead atoms. The lowest BCUT2D eigenvalue weighted by Gasteiger charge is -2.46. The molecule has 0 aliphatic carbocycles. The summed E-state index contributed by atoms with van der Waals surface area (Å²) in [6, 6.07) is 16.1. The van der Waals surface area contributed by atoms with Gasteiger partial charge >= 0.3 is 6.01 Å².